The molecule has 11 heteroatoms. The van der Waals surface area contributed by atoms with Crippen LogP contribution < -0.4 is 10.0 Å². The molecule has 1 amide bonds. The van der Waals surface area contributed by atoms with Crippen molar-refractivity contribution >= 4 is 28.1 Å². The number of sulfonamides is 1. The number of amides is 1. The van der Waals surface area contributed by atoms with Gasteiger partial charge in [-0.25, -0.2) is 13.1 Å². The van der Waals surface area contributed by atoms with E-state index in [1.165, 1.54) is 19.2 Å². The highest BCUT2D eigenvalue weighted by Crippen LogP contribution is 2.35. The number of H-pyrrole nitrogens is 1. The number of carbonyl (C=O) groups excluding carboxylic acids is 1. The number of aromatic amines is 1. The summed E-state index contributed by atoms with van der Waals surface area (Å²) >= 11 is 5.23. The van der Waals surface area contributed by atoms with Gasteiger partial charge in [0, 0.05) is 25.3 Å². The zero-order valence-corrected chi connectivity index (χ0v) is 17.3. The molecular weight excluding hydrogens is 402 g/mol. The minimum Gasteiger partial charge on any atom is -0.383 e. The summed E-state index contributed by atoms with van der Waals surface area (Å²) in [6, 6.07) is 4.80. The summed E-state index contributed by atoms with van der Waals surface area (Å²) in [5, 5.41) is 9.73. The number of rotatable bonds is 9. The molecule has 0 radical (unpaired) electrons. The SMILES string of the molecule is COCCNS(=O)(=O)c1ccc(C)c(C(=O)NCc2n[nH]c(=S)n2C2CC2)c1. The summed E-state index contributed by atoms with van der Waals surface area (Å²) in [5.74, 6) is 0.284. The van der Waals surface area contributed by atoms with Gasteiger partial charge in [0.15, 0.2) is 10.6 Å². The van der Waals surface area contributed by atoms with E-state index in [1.807, 2.05) is 4.57 Å². The average molecular weight is 426 g/mol. The van der Waals surface area contributed by atoms with Gasteiger partial charge in [-0.2, -0.15) is 5.10 Å². The predicted octanol–water partition coefficient (Wildman–Crippen LogP) is 1.44. The molecule has 3 N–H and O–H groups in total. The van der Waals surface area contributed by atoms with Gasteiger partial charge in [-0.1, -0.05) is 6.07 Å². The van der Waals surface area contributed by atoms with Crippen LogP contribution in [0, 0.1) is 11.7 Å². The van der Waals surface area contributed by atoms with Crippen LogP contribution in [-0.4, -0.2) is 49.4 Å². The van der Waals surface area contributed by atoms with E-state index in [9.17, 15) is 13.2 Å². The monoisotopic (exact) mass is 425 g/mol. The fraction of sp³-hybridized carbons (Fsp3) is 0.471. The smallest absolute Gasteiger partial charge is 0.251 e. The molecule has 152 valence electrons. The Labute approximate surface area is 168 Å². The normalized spacial score (nSPS) is 14.2. The minimum absolute atomic E-state index is 0.0278. The van der Waals surface area contributed by atoms with Crippen LogP contribution in [0.5, 0.6) is 0 Å². The third-order valence-electron chi connectivity index (χ3n) is 4.46. The molecule has 1 aliphatic rings. The first-order chi connectivity index (χ1) is 13.3. The summed E-state index contributed by atoms with van der Waals surface area (Å²) in [4.78, 5) is 12.7. The number of carbonyl (C=O) groups is 1. The van der Waals surface area contributed by atoms with Crippen molar-refractivity contribution in [3.8, 4) is 0 Å². The number of hydrogen-bond donors (Lipinski definition) is 3. The van der Waals surface area contributed by atoms with Crippen LogP contribution in [0.4, 0.5) is 0 Å². The summed E-state index contributed by atoms with van der Waals surface area (Å²) in [7, 11) is -2.23. The Hall–Kier alpha value is -2.08. The molecule has 2 aromatic rings. The Bertz CT molecular complexity index is 1020. The van der Waals surface area contributed by atoms with Gasteiger partial charge in [-0.3, -0.25) is 14.5 Å². The lowest BCUT2D eigenvalue weighted by atomic mass is 10.1. The molecule has 28 heavy (non-hydrogen) atoms. The first-order valence-electron chi connectivity index (χ1n) is 8.86. The number of nitrogens with one attached hydrogen (secondary N) is 3. The summed E-state index contributed by atoms with van der Waals surface area (Å²) in [6.07, 6.45) is 2.09. The van der Waals surface area contributed by atoms with Crippen LogP contribution in [0.3, 0.4) is 0 Å². The maximum Gasteiger partial charge on any atom is 0.251 e. The predicted molar refractivity (Wildman–Crippen MR) is 105 cm³/mol. The van der Waals surface area contributed by atoms with Crippen molar-refractivity contribution in [3.05, 3.63) is 39.9 Å². The number of methoxy groups -OCH3 is 1. The largest absolute Gasteiger partial charge is 0.383 e. The van der Waals surface area contributed by atoms with Crippen LogP contribution in [0.1, 0.15) is 40.6 Å². The van der Waals surface area contributed by atoms with Gasteiger partial charge in [-0.15, -0.1) is 0 Å². The van der Waals surface area contributed by atoms with Gasteiger partial charge >= 0.3 is 0 Å². The highest BCUT2D eigenvalue weighted by Gasteiger charge is 2.27. The van der Waals surface area contributed by atoms with E-state index < -0.39 is 10.0 Å². The van der Waals surface area contributed by atoms with Crippen molar-refractivity contribution in [2.75, 3.05) is 20.3 Å². The second-order valence-electron chi connectivity index (χ2n) is 6.60. The fourth-order valence-electron chi connectivity index (χ4n) is 2.80. The first-order valence-corrected chi connectivity index (χ1v) is 10.8. The molecule has 0 aliphatic heterocycles. The van der Waals surface area contributed by atoms with E-state index in [2.05, 4.69) is 20.2 Å². The Morgan fingerprint density at radius 2 is 2.18 bits per heavy atom. The highest BCUT2D eigenvalue weighted by atomic mass is 32.2. The van der Waals surface area contributed by atoms with Crippen LogP contribution in [0.25, 0.3) is 0 Å². The second kappa shape index (κ2) is 8.52. The van der Waals surface area contributed by atoms with Gasteiger partial charge < -0.3 is 10.1 Å². The lowest BCUT2D eigenvalue weighted by Gasteiger charge is -2.11. The van der Waals surface area contributed by atoms with Gasteiger partial charge in [0.05, 0.1) is 18.0 Å². The highest BCUT2D eigenvalue weighted by molar-refractivity contribution is 7.89. The molecule has 1 heterocycles. The number of ether oxygens (including phenoxy) is 1. The molecule has 3 rings (SSSR count). The fourth-order valence-corrected chi connectivity index (χ4v) is 4.14. The van der Waals surface area contributed by atoms with Crippen molar-refractivity contribution in [2.24, 2.45) is 0 Å². The summed E-state index contributed by atoms with van der Waals surface area (Å²) in [5.41, 5.74) is 0.969. The van der Waals surface area contributed by atoms with Crippen LogP contribution in [-0.2, 0) is 21.3 Å². The zero-order chi connectivity index (χ0) is 20.3. The standard InChI is InChI=1S/C17H23N5O4S2/c1-11-3-6-13(28(24,25)19-7-8-26-2)9-14(11)16(23)18-10-15-20-21-17(27)22(15)12-4-5-12/h3,6,9,12,19H,4-5,7-8,10H2,1-2H3,(H,18,23)(H,21,27). The Kier molecular flexibility index (Phi) is 6.28. The molecule has 9 nitrogen and oxygen atoms in total. The van der Waals surface area contributed by atoms with Gasteiger partial charge in [0.25, 0.3) is 5.91 Å². The number of aryl methyl sites for hydroxylation is 1. The van der Waals surface area contributed by atoms with Crippen molar-refractivity contribution in [1.82, 2.24) is 24.8 Å². The molecule has 1 saturated carbocycles. The Balaban J connectivity index is 1.74. The molecule has 0 bridgehead atoms. The number of hydrogen-bond acceptors (Lipinski definition) is 6. The van der Waals surface area contributed by atoms with Crippen molar-refractivity contribution in [3.63, 3.8) is 0 Å². The third kappa shape index (κ3) is 4.66. The third-order valence-corrected chi connectivity index (χ3v) is 6.21. The van der Waals surface area contributed by atoms with Gasteiger partial charge in [0.2, 0.25) is 10.0 Å². The number of benzene rings is 1. The Morgan fingerprint density at radius 3 is 2.86 bits per heavy atom. The molecule has 1 aliphatic carbocycles. The number of nitrogens with zero attached hydrogens (tertiary/aromatic N) is 2. The molecule has 1 aromatic carbocycles. The molecule has 0 spiro atoms. The molecular formula is C17H23N5O4S2. The molecule has 0 unspecified atom stereocenters. The molecule has 1 aromatic heterocycles. The van der Waals surface area contributed by atoms with E-state index in [0.717, 1.165) is 12.8 Å². The van der Waals surface area contributed by atoms with Crippen LogP contribution in [0.15, 0.2) is 23.1 Å². The summed E-state index contributed by atoms with van der Waals surface area (Å²) in [6.45, 7) is 2.36. The first kappa shape index (κ1) is 20.6. The van der Waals surface area contributed by atoms with Crippen molar-refractivity contribution in [2.45, 2.75) is 37.2 Å². The van der Waals surface area contributed by atoms with Crippen molar-refractivity contribution < 1.29 is 17.9 Å². The van der Waals surface area contributed by atoms with Crippen molar-refractivity contribution in [1.29, 1.82) is 0 Å². The molecule has 0 atom stereocenters. The average Bonchev–Trinajstić information content (AvgIpc) is 3.42. The summed E-state index contributed by atoms with van der Waals surface area (Å²) < 4.78 is 34.5. The lowest BCUT2D eigenvalue weighted by Crippen LogP contribution is -2.28. The minimum atomic E-state index is -3.72. The van der Waals surface area contributed by atoms with E-state index in [4.69, 9.17) is 17.0 Å². The van der Waals surface area contributed by atoms with E-state index >= 15 is 0 Å². The van der Waals surface area contributed by atoms with E-state index in [1.54, 1.807) is 13.0 Å². The maximum absolute atomic E-state index is 12.7. The van der Waals surface area contributed by atoms with Crippen LogP contribution in [0.2, 0.25) is 0 Å². The topological polar surface area (TPSA) is 118 Å². The van der Waals surface area contributed by atoms with E-state index in [-0.39, 0.29) is 30.5 Å². The van der Waals surface area contributed by atoms with Gasteiger partial charge in [-0.05, 0) is 49.7 Å². The maximum atomic E-state index is 12.7. The quantitative estimate of drug-likeness (QED) is 0.413. The molecule has 1 fully saturated rings. The zero-order valence-electron chi connectivity index (χ0n) is 15.7. The number of aromatic nitrogens is 3. The Morgan fingerprint density at radius 1 is 1.43 bits per heavy atom. The molecule has 0 saturated heterocycles. The van der Waals surface area contributed by atoms with Gasteiger partial charge in [0.1, 0.15) is 0 Å². The lowest BCUT2D eigenvalue weighted by molar-refractivity contribution is 0.0948. The van der Waals surface area contributed by atoms with Crippen LogP contribution >= 0.6 is 12.2 Å². The second-order valence-corrected chi connectivity index (χ2v) is 8.75. The van der Waals surface area contributed by atoms with E-state index in [0.29, 0.717) is 27.8 Å².